The lowest BCUT2D eigenvalue weighted by Crippen LogP contribution is -2.50. The molecular formula is C11H19N3O5. The lowest BCUT2D eigenvalue weighted by atomic mass is 10.3. The highest BCUT2D eigenvalue weighted by atomic mass is 16.5. The summed E-state index contributed by atoms with van der Waals surface area (Å²) >= 11 is 0. The molecule has 8 heteroatoms. The van der Waals surface area contributed by atoms with Gasteiger partial charge >= 0.3 is 12.0 Å². The van der Waals surface area contributed by atoms with Crippen LogP contribution < -0.4 is 5.32 Å². The second-order valence-corrected chi connectivity index (χ2v) is 3.68. The summed E-state index contributed by atoms with van der Waals surface area (Å²) in [6, 6.07) is 0.248. The molecule has 108 valence electrons. The van der Waals surface area contributed by atoms with Crippen LogP contribution in [-0.4, -0.2) is 68.6 Å². The zero-order chi connectivity index (χ0) is 14.7. The minimum absolute atomic E-state index is 0.128. The Hall–Kier alpha value is -1.85. The van der Waals surface area contributed by atoms with Crippen LogP contribution in [0.15, 0.2) is 0 Å². The van der Waals surface area contributed by atoms with Crippen molar-refractivity contribution in [3.05, 3.63) is 0 Å². The summed E-state index contributed by atoms with van der Waals surface area (Å²) in [7, 11) is 2.84. The van der Waals surface area contributed by atoms with Crippen molar-refractivity contribution in [1.29, 1.82) is 5.26 Å². The highest BCUT2D eigenvalue weighted by molar-refractivity contribution is 5.82. The van der Waals surface area contributed by atoms with Gasteiger partial charge in [0, 0.05) is 27.3 Å². The average Bonchev–Trinajstić information content (AvgIpc) is 2.38. The van der Waals surface area contributed by atoms with Gasteiger partial charge in [0.2, 0.25) is 0 Å². The van der Waals surface area contributed by atoms with Gasteiger partial charge < -0.3 is 24.8 Å². The Morgan fingerprint density at radius 2 is 2.05 bits per heavy atom. The number of methoxy groups -OCH3 is 2. The molecule has 0 rings (SSSR count). The first-order valence-corrected chi connectivity index (χ1v) is 5.69. The minimum Gasteiger partial charge on any atom is -0.480 e. The van der Waals surface area contributed by atoms with Crippen LogP contribution in [0.25, 0.3) is 0 Å². The molecule has 0 aliphatic rings. The fourth-order valence-corrected chi connectivity index (χ4v) is 1.28. The summed E-state index contributed by atoms with van der Waals surface area (Å²) in [6.07, 6.45) is 0.166. The molecule has 19 heavy (non-hydrogen) atoms. The third-order valence-corrected chi connectivity index (χ3v) is 2.28. The van der Waals surface area contributed by atoms with Crippen LogP contribution in [0.3, 0.4) is 0 Å². The third-order valence-electron chi connectivity index (χ3n) is 2.28. The number of nitriles is 1. The van der Waals surface area contributed by atoms with E-state index in [9.17, 15) is 9.59 Å². The number of amides is 2. The van der Waals surface area contributed by atoms with Crippen molar-refractivity contribution < 1.29 is 24.2 Å². The second kappa shape index (κ2) is 10.1. The summed E-state index contributed by atoms with van der Waals surface area (Å²) in [5, 5.41) is 19.8. The second-order valence-electron chi connectivity index (χ2n) is 3.68. The number of rotatable bonds is 9. The molecule has 0 spiro atoms. The van der Waals surface area contributed by atoms with Crippen molar-refractivity contribution in [1.82, 2.24) is 10.2 Å². The average molecular weight is 273 g/mol. The number of aliphatic carboxylic acids is 1. The molecule has 0 saturated heterocycles. The molecule has 0 aliphatic carbocycles. The van der Waals surface area contributed by atoms with Crippen LogP contribution >= 0.6 is 0 Å². The molecule has 0 fully saturated rings. The minimum atomic E-state index is -1.18. The van der Waals surface area contributed by atoms with Crippen LogP contribution in [0.4, 0.5) is 4.79 Å². The molecule has 8 nitrogen and oxygen atoms in total. The molecule has 1 atom stereocenters. The molecule has 0 heterocycles. The van der Waals surface area contributed by atoms with E-state index in [4.69, 9.17) is 19.8 Å². The SMILES string of the molecule is COCCN(CCC#N)C(=O)NC(COC)C(=O)O. The summed E-state index contributed by atoms with van der Waals surface area (Å²) < 4.78 is 9.57. The lowest BCUT2D eigenvalue weighted by Gasteiger charge is -2.23. The fraction of sp³-hybridized carbons (Fsp3) is 0.727. The van der Waals surface area contributed by atoms with Gasteiger partial charge in [-0.25, -0.2) is 9.59 Å². The number of nitrogens with zero attached hydrogens (tertiary/aromatic N) is 2. The Labute approximate surface area is 111 Å². The van der Waals surface area contributed by atoms with Crippen molar-refractivity contribution in [2.45, 2.75) is 12.5 Å². The molecule has 2 amide bonds. The lowest BCUT2D eigenvalue weighted by molar-refractivity contribution is -0.140. The van der Waals surface area contributed by atoms with Crippen molar-refractivity contribution in [3.8, 4) is 6.07 Å². The van der Waals surface area contributed by atoms with E-state index in [2.05, 4.69) is 5.32 Å². The van der Waals surface area contributed by atoms with E-state index >= 15 is 0 Å². The highest BCUT2D eigenvalue weighted by Crippen LogP contribution is 1.96. The highest BCUT2D eigenvalue weighted by Gasteiger charge is 2.22. The molecule has 0 aromatic rings. The van der Waals surface area contributed by atoms with E-state index in [1.54, 1.807) is 0 Å². The van der Waals surface area contributed by atoms with Crippen LogP contribution in [0.5, 0.6) is 0 Å². The zero-order valence-electron chi connectivity index (χ0n) is 11.1. The number of nitrogens with one attached hydrogen (secondary N) is 1. The number of hydrogen-bond acceptors (Lipinski definition) is 5. The van der Waals surface area contributed by atoms with Crippen LogP contribution in [0, 0.1) is 11.3 Å². The van der Waals surface area contributed by atoms with Gasteiger partial charge in [-0.2, -0.15) is 5.26 Å². The smallest absolute Gasteiger partial charge is 0.328 e. The molecule has 1 unspecified atom stereocenters. The van der Waals surface area contributed by atoms with E-state index in [1.807, 2.05) is 6.07 Å². The Bertz CT molecular complexity index is 329. The van der Waals surface area contributed by atoms with Gasteiger partial charge in [-0.3, -0.25) is 0 Å². The maximum absolute atomic E-state index is 11.9. The van der Waals surface area contributed by atoms with Crippen molar-refractivity contribution in [2.24, 2.45) is 0 Å². The zero-order valence-corrected chi connectivity index (χ0v) is 11.1. The predicted octanol–water partition coefficient (Wildman–Crippen LogP) is -0.342. The van der Waals surface area contributed by atoms with Gasteiger partial charge in [0.05, 0.1) is 25.7 Å². The first-order chi connectivity index (χ1) is 9.06. The predicted molar refractivity (Wildman–Crippen MR) is 65.5 cm³/mol. The molecule has 0 saturated carbocycles. The molecule has 0 radical (unpaired) electrons. The Morgan fingerprint density at radius 3 is 2.53 bits per heavy atom. The molecular weight excluding hydrogens is 254 g/mol. The Kier molecular flexibility index (Phi) is 9.12. The number of carbonyl (C=O) groups is 2. The summed E-state index contributed by atoms with van der Waals surface area (Å²) in [4.78, 5) is 24.1. The van der Waals surface area contributed by atoms with E-state index in [-0.39, 0.29) is 26.1 Å². The molecule has 0 aliphatic heterocycles. The van der Waals surface area contributed by atoms with Crippen LogP contribution in [0.2, 0.25) is 0 Å². The maximum atomic E-state index is 11.9. The summed E-state index contributed by atoms with van der Waals surface area (Å²) in [6.45, 7) is 0.673. The Balaban J connectivity index is 4.50. The van der Waals surface area contributed by atoms with Gasteiger partial charge in [0.25, 0.3) is 0 Å². The fourth-order valence-electron chi connectivity index (χ4n) is 1.28. The normalized spacial score (nSPS) is 11.4. The van der Waals surface area contributed by atoms with E-state index < -0.39 is 18.0 Å². The molecule has 0 aromatic heterocycles. The van der Waals surface area contributed by atoms with Crippen molar-refractivity contribution in [3.63, 3.8) is 0 Å². The first-order valence-electron chi connectivity index (χ1n) is 5.69. The number of carboxylic acids is 1. The van der Waals surface area contributed by atoms with Gasteiger partial charge in [0.15, 0.2) is 6.04 Å². The quantitative estimate of drug-likeness (QED) is 0.594. The topological polar surface area (TPSA) is 112 Å². The van der Waals surface area contributed by atoms with Crippen molar-refractivity contribution in [2.75, 3.05) is 40.5 Å². The summed E-state index contributed by atoms with van der Waals surface area (Å²) in [5.74, 6) is -1.18. The van der Waals surface area contributed by atoms with Crippen molar-refractivity contribution >= 4 is 12.0 Å². The largest absolute Gasteiger partial charge is 0.480 e. The first kappa shape index (κ1) is 17.2. The third kappa shape index (κ3) is 7.23. The maximum Gasteiger partial charge on any atom is 0.328 e. The molecule has 0 aromatic carbocycles. The van der Waals surface area contributed by atoms with Gasteiger partial charge in [0.1, 0.15) is 0 Å². The number of carboxylic acid groups (broad SMARTS) is 1. The number of hydrogen-bond donors (Lipinski definition) is 2. The van der Waals surface area contributed by atoms with Crippen LogP contribution in [0.1, 0.15) is 6.42 Å². The standard InChI is InChI=1S/C11H19N3O5/c1-18-7-6-14(5-3-4-12)11(17)13-9(8-19-2)10(15)16/h9H,3,5-8H2,1-2H3,(H,13,17)(H,15,16). The van der Waals surface area contributed by atoms with Gasteiger partial charge in [-0.05, 0) is 0 Å². The summed E-state index contributed by atoms with van der Waals surface area (Å²) in [5.41, 5.74) is 0. The number of urea groups is 1. The number of ether oxygens (including phenoxy) is 2. The van der Waals surface area contributed by atoms with Crippen LogP contribution in [-0.2, 0) is 14.3 Å². The van der Waals surface area contributed by atoms with E-state index in [0.29, 0.717) is 6.61 Å². The Morgan fingerprint density at radius 1 is 1.37 bits per heavy atom. The monoisotopic (exact) mass is 273 g/mol. The number of carbonyl (C=O) groups excluding carboxylic acids is 1. The van der Waals surface area contributed by atoms with Gasteiger partial charge in [-0.1, -0.05) is 0 Å². The molecule has 2 N–H and O–H groups in total. The van der Waals surface area contributed by atoms with Gasteiger partial charge in [-0.15, -0.1) is 0 Å². The molecule has 0 bridgehead atoms. The van der Waals surface area contributed by atoms with E-state index in [1.165, 1.54) is 19.1 Å². The van der Waals surface area contributed by atoms with E-state index in [0.717, 1.165) is 0 Å².